The molecule has 0 bridgehead atoms. The van der Waals surface area contributed by atoms with Gasteiger partial charge in [0, 0.05) is 32.2 Å². The standard InChI is InChI=1S/C16H23N5/c1-3-21-16(17-13-18-21)12-20-10-9-19(2)15(11-20)14-7-5-4-6-8-14/h4-8,13,15H,3,9-12H2,1-2H3. The van der Waals surface area contributed by atoms with Gasteiger partial charge in [-0.15, -0.1) is 0 Å². The Hall–Kier alpha value is -1.72. The van der Waals surface area contributed by atoms with Crippen molar-refractivity contribution in [3.63, 3.8) is 0 Å². The highest BCUT2D eigenvalue weighted by molar-refractivity contribution is 5.20. The lowest BCUT2D eigenvalue weighted by Crippen LogP contribution is -2.46. The fourth-order valence-corrected chi connectivity index (χ4v) is 2.98. The zero-order valence-electron chi connectivity index (χ0n) is 12.8. The number of hydrogen-bond donors (Lipinski definition) is 0. The minimum Gasteiger partial charge on any atom is -0.297 e. The van der Waals surface area contributed by atoms with Crippen LogP contribution in [0.4, 0.5) is 0 Å². The number of aromatic nitrogens is 3. The molecule has 1 aromatic carbocycles. The van der Waals surface area contributed by atoms with E-state index in [2.05, 4.69) is 64.2 Å². The highest BCUT2D eigenvalue weighted by atomic mass is 15.4. The summed E-state index contributed by atoms with van der Waals surface area (Å²) >= 11 is 0. The van der Waals surface area contributed by atoms with Crippen LogP contribution < -0.4 is 0 Å². The molecule has 1 saturated heterocycles. The lowest BCUT2D eigenvalue weighted by molar-refractivity contribution is 0.0876. The molecule has 1 aliphatic rings. The monoisotopic (exact) mass is 285 g/mol. The molecule has 5 nitrogen and oxygen atoms in total. The van der Waals surface area contributed by atoms with Crippen LogP contribution in [0.2, 0.25) is 0 Å². The molecule has 0 amide bonds. The van der Waals surface area contributed by atoms with E-state index in [1.54, 1.807) is 6.33 Å². The van der Waals surface area contributed by atoms with Crippen molar-refractivity contribution >= 4 is 0 Å². The first-order chi connectivity index (χ1) is 10.3. The largest absolute Gasteiger partial charge is 0.297 e. The molecule has 1 aliphatic heterocycles. The molecule has 1 aromatic heterocycles. The van der Waals surface area contributed by atoms with E-state index in [0.29, 0.717) is 6.04 Å². The molecule has 1 atom stereocenters. The van der Waals surface area contributed by atoms with Gasteiger partial charge in [0.2, 0.25) is 0 Å². The Bertz CT molecular complexity index is 565. The van der Waals surface area contributed by atoms with Gasteiger partial charge in [-0.3, -0.25) is 9.80 Å². The Labute approximate surface area is 126 Å². The highest BCUT2D eigenvalue weighted by Gasteiger charge is 2.26. The summed E-state index contributed by atoms with van der Waals surface area (Å²) in [6.07, 6.45) is 1.66. The predicted octanol–water partition coefficient (Wildman–Crippen LogP) is 1.79. The maximum absolute atomic E-state index is 4.39. The Balaban J connectivity index is 1.71. The van der Waals surface area contributed by atoms with Gasteiger partial charge in [0.25, 0.3) is 0 Å². The number of benzene rings is 1. The van der Waals surface area contributed by atoms with Crippen molar-refractivity contribution in [1.29, 1.82) is 0 Å². The average molecular weight is 285 g/mol. The summed E-state index contributed by atoms with van der Waals surface area (Å²) in [5.74, 6) is 1.06. The molecule has 0 saturated carbocycles. The van der Waals surface area contributed by atoms with Crippen molar-refractivity contribution < 1.29 is 0 Å². The second-order valence-corrected chi connectivity index (χ2v) is 5.63. The van der Waals surface area contributed by atoms with E-state index >= 15 is 0 Å². The maximum Gasteiger partial charge on any atom is 0.140 e. The quantitative estimate of drug-likeness (QED) is 0.858. The zero-order chi connectivity index (χ0) is 14.7. The van der Waals surface area contributed by atoms with Gasteiger partial charge in [-0.2, -0.15) is 5.10 Å². The van der Waals surface area contributed by atoms with Gasteiger partial charge < -0.3 is 0 Å². The molecule has 2 aromatic rings. The number of nitrogens with zero attached hydrogens (tertiary/aromatic N) is 5. The van der Waals surface area contributed by atoms with Gasteiger partial charge in [-0.25, -0.2) is 9.67 Å². The molecule has 2 heterocycles. The summed E-state index contributed by atoms with van der Waals surface area (Å²) in [4.78, 5) is 9.32. The van der Waals surface area contributed by atoms with Gasteiger partial charge in [-0.1, -0.05) is 30.3 Å². The maximum atomic E-state index is 4.39. The van der Waals surface area contributed by atoms with Gasteiger partial charge >= 0.3 is 0 Å². The van der Waals surface area contributed by atoms with Crippen LogP contribution >= 0.6 is 0 Å². The first-order valence-corrected chi connectivity index (χ1v) is 7.62. The minimum absolute atomic E-state index is 0.456. The molecule has 0 spiro atoms. The SMILES string of the molecule is CCn1ncnc1CN1CCN(C)C(c2ccccc2)C1. The number of hydrogen-bond acceptors (Lipinski definition) is 4. The summed E-state index contributed by atoms with van der Waals surface area (Å²) in [7, 11) is 2.21. The molecular weight excluding hydrogens is 262 g/mol. The van der Waals surface area contributed by atoms with Gasteiger partial charge in [0.15, 0.2) is 0 Å². The number of aryl methyl sites for hydroxylation is 1. The zero-order valence-corrected chi connectivity index (χ0v) is 12.8. The van der Waals surface area contributed by atoms with E-state index in [4.69, 9.17) is 0 Å². The van der Waals surface area contributed by atoms with E-state index in [-0.39, 0.29) is 0 Å². The fraction of sp³-hybridized carbons (Fsp3) is 0.500. The van der Waals surface area contributed by atoms with E-state index < -0.39 is 0 Å². The Morgan fingerprint density at radius 3 is 2.76 bits per heavy atom. The molecule has 3 rings (SSSR count). The van der Waals surface area contributed by atoms with Crippen LogP contribution in [0, 0.1) is 0 Å². The molecular formula is C16H23N5. The van der Waals surface area contributed by atoms with Crippen LogP contribution in [0.15, 0.2) is 36.7 Å². The third-order valence-corrected chi connectivity index (χ3v) is 4.28. The van der Waals surface area contributed by atoms with Crippen LogP contribution in [0.25, 0.3) is 0 Å². The lowest BCUT2D eigenvalue weighted by atomic mass is 10.0. The third kappa shape index (κ3) is 3.14. The van der Waals surface area contributed by atoms with Crippen LogP contribution in [0.5, 0.6) is 0 Å². The molecule has 1 unspecified atom stereocenters. The Kier molecular flexibility index (Phi) is 4.31. The summed E-state index contributed by atoms with van der Waals surface area (Å²) in [5.41, 5.74) is 1.39. The smallest absolute Gasteiger partial charge is 0.140 e. The van der Waals surface area contributed by atoms with Crippen LogP contribution in [0.1, 0.15) is 24.4 Å². The van der Waals surface area contributed by atoms with Crippen molar-refractivity contribution in [3.8, 4) is 0 Å². The van der Waals surface area contributed by atoms with E-state index in [1.807, 2.05) is 4.68 Å². The van der Waals surface area contributed by atoms with Crippen molar-refractivity contribution in [1.82, 2.24) is 24.6 Å². The van der Waals surface area contributed by atoms with Gasteiger partial charge in [0.05, 0.1) is 6.54 Å². The van der Waals surface area contributed by atoms with Gasteiger partial charge in [0.1, 0.15) is 12.2 Å². The third-order valence-electron chi connectivity index (χ3n) is 4.28. The lowest BCUT2D eigenvalue weighted by Gasteiger charge is -2.39. The summed E-state index contributed by atoms with van der Waals surface area (Å²) < 4.78 is 1.98. The fourth-order valence-electron chi connectivity index (χ4n) is 2.98. The van der Waals surface area contributed by atoms with Crippen LogP contribution in [-0.2, 0) is 13.1 Å². The van der Waals surface area contributed by atoms with E-state index in [1.165, 1.54) is 5.56 Å². The van der Waals surface area contributed by atoms with E-state index in [9.17, 15) is 0 Å². The second kappa shape index (κ2) is 6.37. The Morgan fingerprint density at radius 2 is 2.00 bits per heavy atom. The van der Waals surface area contributed by atoms with Crippen LogP contribution in [-0.4, -0.2) is 51.2 Å². The number of piperazine rings is 1. The first-order valence-electron chi connectivity index (χ1n) is 7.62. The summed E-state index contributed by atoms with van der Waals surface area (Å²) in [6.45, 7) is 7.07. The predicted molar refractivity (Wildman–Crippen MR) is 82.8 cm³/mol. The van der Waals surface area contributed by atoms with Crippen molar-refractivity contribution in [2.75, 3.05) is 26.7 Å². The molecule has 0 N–H and O–H groups in total. The number of likely N-dealkylation sites (N-methyl/N-ethyl adjacent to an activating group) is 1. The normalized spacial score (nSPS) is 20.8. The molecule has 1 fully saturated rings. The second-order valence-electron chi connectivity index (χ2n) is 5.63. The van der Waals surface area contributed by atoms with Crippen molar-refractivity contribution in [3.05, 3.63) is 48.0 Å². The van der Waals surface area contributed by atoms with E-state index in [0.717, 1.165) is 38.5 Å². The molecule has 21 heavy (non-hydrogen) atoms. The number of rotatable bonds is 4. The Morgan fingerprint density at radius 1 is 1.19 bits per heavy atom. The van der Waals surface area contributed by atoms with Crippen molar-refractivity contribution in [2.45, 2.75) is 26.1 Å². The first kappa shape index (κ1) is 14.2. The topological polar surface area (TPSA) is 37.2 Å². The van der Waals surface area contributed by atoms with Gasteiger partial charge in [-0.05, 0) is 19.5 Å². The minimum atomic E-state index is 0.456. The van der Waals surface area contributed by atoms with Crippen LogP contribution in [0.3, 0.4) is 0 Å². The summed E-state index contributed by atoms with van der Waals surface area (Å²) in [6, 6.07) is 11.2. The molecule has 0 radical (unpaired) electrons. The average Bonchev–Trinajstić information content (AvgIpc) is 2.97. The van der Waals surface area contributed by atoms with Crippen molar-refractivity contribution in [2.24, 2.45) is 0 Å². The molecule has 5 heteroatoms. The molecule has 112 valence electrons. The summed E-state index contributed by atoms with van der Waals surface area (Å²) in [5, 5.41) is 4.26. The molecule has 0 aliphatic carbocycles. The highest BCUT2D eigenvalue weighted by Crippen LogP contribution is 2.24.